The highest BCUT2D eigenvalue weighted by molar-refractivity contribution is 6.32. The molecule has 1 amide bonds. The lowest BCUT2D eigenvalue weighted by atomic mass is 10.2. The number of amides is 1. The minimum atomic E-state index is -0.187. The molecule has 0 bridgehead atoms. The number of pyridine rings is 1. The van der Waals surface area contributed by atoms with Gasteiger partial charge in [-0.15, -0.1) is 6.42 Å². The van der Waals surface area contributed by atoms with Crippen LogP contribution in [0.5, 0.6) is 0 Å². The van der Waals surface area contributed by atoms with Crippen LogP contribution in [0.2, 0.25) is 5.15 Å². The summed E-state index contributed by atoms with van der Waals surface area (Å²) >= 11 is 5.81. The second kappa shape index (κ2) is 5.38. The van der Waals surface area contributed by atoms with Crippen LogP contribution >= 0.6 is 11.6 Å². The average Bonchev–Trinajstić information content (AvgIpc) is 2.25. The van der Waals surface area contributed by atoms with Gasteiger partial charge in [0.05, 0.1) is 12.1 Å². The zero-order chi connectivity index (χ0) is 11.3. The Hall–Kier alpha value is -1.53. The van der Waals surface area contributed by atoms with Gasteiger partial charge in [-0.25, -0.2) is 4.98 Å². The fourth-order valence-corrected chi connectivity index (χ4v) is 1.35. The van der Waals surface area contributed by atoms with E-state index in [0.29, 0.717) is 12.1 Å². The average molecular weight is 223 g/mol. The zero-order valence-electron chi connectivity index (χ0n) is 8.40. The molecular formula is C11H11ClN2O. The summed E-state index contributed by atoms with van der Waals surface area (Å²) < 4.78 is 0. The van der Waals surface area contributed by atoms with Crippen LogP contribution in [0.15, 0.2) is 18.3 Å². The predicted octanol–water partition coefficient (Wildman–Crippen LogP) is 1.83. The number of carbonyl (C=O) groups excluding carboxylic acids is 1. The Balaban J connectivity index is 2.94. The lowest BCUT2D eigenvalue weighted by molar-refractivity contribution is 0.0784. The van der Waals surface area contributed by atoms with E-state index in [1.54, 1.807) is 12.1 Å². The van der Waals surface area contributed by atoms with Gasteiger partial charge in [-0.1, -0.05) is 17.5 Å². The fourth-order valence-electron chi connectivity index (χ4n) is 1.15. The van der Waals surface area contributed by atoms with E-state index in [-0.39, 0.29) is 17.6 Å². The molecule has 0 aromatic carbocycles. The van der Waals surface area contributed by atoms with E-state index in [0.717, 1.165) is 0 Å². The molecule has 15 heavy (non-hydrogen) atoms. The Labute approximate surface area is 94.1 Å². The molecule has 0 atom stereocenters. The molecule has 0 spiro atoms. The number of terminal acetylenes is 1. The Morgan fingerprint density at radius 1 is 1.73 bits per heavy atom. The quantitative estimate of drug-likeness (QED) is 0.578. The molecule has 0 aliphatic carbocycles. The van der Waals surface area contributed by atoms with Crippen molar-refractivity contribution in [1.82, 2.24) is 9.88 Å². The number of carbonyl (C=O) groups is 1. The summed E-state index contributed by atoms with van der Waals surface area (Å²) in [6.45, 7) is 2.69. The molecule has 3 nitrogen and oxygen atoms in total. The van der Waals surface area contributed by atoms with Gasteiger partial charge >= 0.3 is 0 Å². The Morgan fingerprint density at radius 2 is 2.47 bits per heavy atom. The highest BCUT2D eigenvalue weighted by Gasteiger charge is 2.16. The van der Waals surface area contributed by atoms with Gasteiger partial charge < -0.3 is 4.90 Å². The van der Waals surface area contributed by atoms with Crippen molar-refractivity contribution in [2.24, 2.45) is 0 Å². The van der Waals surface area contributed by atoms with Crippen LogP contribution in [-0.4, -0.2) is 28.9 Å². The molecule has 0 aliphatic rings. The SMILES string of the molecule is C#CCN(CC)C(=O)c1cccnc1Cl. The monoisotopic (exact) mass is 222 g/mol. The molecular weight excluding hydrogens is 212 g/mol. The van der Waals surface area contributed by atoms with Crippen LogP contribution in [0, 0.1) is 12.3 Å². The zero-order valence-corrected chi connectivity index (χ0v) is 9.16. The molecule has 0 unspecified atom stereocenters. The van der Waals surface area contributed by atoms with Gasteiger partial charge in [0.1, 0.15) is 5.15 Å². The highest BCUT2D eigenvalue weighted by Crippen LogP contribution is 2.13. The lowest BCUT2D eigenvalue weighted by Gasteiger charge is -2.18. The minimum absolute atomic E-state index is 0.187. The van der Waals surface area contributed by atoms with Gasteiger partial charge in [-0.3, -0.25) is 4.79 Å². The number of halogens is 1. The third-order valence-electron chi connectivity index (χ3n) is 1.94. The standard InChI is InChI=1S/C11H11ClN2O/c1-3-8-14(4-2)11(15)9-6-5-7-13-10(9)12/h1,5-7H,4,8H2,2H3. The number of hydrogen-bond donors (Lipinski definition) is 0. The van der Waals surface area contributed by atoms with Crippen molar-refractivity contribution in [3.8, 4) is 12.3 Å². The molecule has 0 aliphatic heterocycles. The van der Waals surface area contributed by atoms with E-state index in [4.69, 9.17) is 18.0 Å². The maximum absolute atomic E-state index is 11.9. The molecule has 0 saturated carbocycles. The molecule has 1 aromatic heterocycles. The van der Waals surface area contributed by atoms with Crippen LogP contribution in [0.3, 0.4) is 0 Å². The van der Waals surface area contributed by atoms with Crippen LogP contribution in [0.25, 0.3) is 0 Å². The lowest BCUT2D eigenvalue weighted by Crippen LogP contribution is -2.31. The third-order valence-corrected chi connectivity index (χ3v) is 2.24. The van der Waals surface area contributed by atoms with Crippen molar-refractivity contribution in [2.45, 2.75) is 6.92 Å². The molecule has 0 radical (unpaired) electrons. The van der Waals surface area contributed by atoms with E-state index in [2.05, 4.69) is 10.9 Å². The van der Waals surface area contributed by atoms with Crippen LogP contribution in [0.4, 0.5) is 0 Å². The van der Waals surface area contributed by atoms with Gasteiger partial charge in [0.25, 0.3) is 5.91 Å². The van der Waals surface area contributed by atoms with Crippen molar-refractivity contribution in [2.75, 3.05) is 13.1 Å². The molecule has 4 heteroatoms. The number of rotatable bonds is 3. The maximum Gasteiger partial charge on any atom is 0.257 e. The second-order valence-corrected chi connectivity index (χ2v) is 3.22. The molecule has 78 valence electrons. The summed E-state index contributed by atoms with van der Waals surface area (Å²) in [4.78, 5) is 17.3. The van der Waals surface area contributed by atoms with Gasteiger partial charge in [-0.05, 0) is 19.1 Å². The van der Waals surface area contributed by atoms with Crippen LogP contribution < -0.4 is 0 Å². The Kier molecular flexibility index (Phi) is 4.14. The number of aromatic nitrogens is 1. The van der Waals surface area contributed by atoms with Crippen molar-refractivity contribution in [3.63, 3.8) is 0 Å². The minimum Gasteiger partial charge on any atom is -0.328 e. The van der Waals surface area contributed by atoms with Gasteiger partial charge in [0.2, 0.25) is 0 Å². The first-order valence-corrected chi connectivity index (χ1v) is 4.91. The van der Waals surface area contributed by atoms with E-state index in [1.807, 2.05) is 6.92 Å². The number of hydrogen-bond acceptors (Lipinski definition) is 2. The van der Waals surface area contributed by atoms with Gasteiger partial charge in [-0.2, -0.15) is 0 Å². The van der Waals surface area contributed by atoms with E-state index >= 15 is 0 Å². The van der Waals surface area contributed by atoms with Gasteiger partial charge in [0.15, 0.2) is 0 Å². The van der Waals surface area contributed by atoms with Crippen molar-refractivity contribution < 1.29 is 4.79 Å². The highest BCUT2D eigenvalue weighted by atomic mass is 35.5. The summed E-state index contributed by atoms with van der Waals surface area (Å²) in [5, 5.41) is 0.206. The summed E-state index contributed by atoms with van der Waals surface area (Å²) in [6.07, 6.45) is 6.70. The second-order valence-electron chi connectivity index (χ2n) is 2.87. The molecule has 1 aromatic rings. The Morgan fingerprint density at radius 3 is 3.00 bits per heavy atom. The first-order valence-electron chi connectivity index (χ1n) is 4.54. The fraction of sp³-hybridized carbons (Fsp3) is 0.273. The first-order chi connectivity index (χ1) is 7.20. The van der Waals surface area contributed by atoms with Crippen LogP contribution in [0.1, 0.15) is 17.3 Å². The molecule has 0 N–H and O–H groups in total. The molecule has 1 rings (SSSR count). The summed E-state index contributed by atoms with van der Waals surface area (Å²) in [6, 6.07) is 3.31. The number of nitrogens with zero attached hydrogens (tertiary/aromatic N) is 2. The molecule has 0 fully saturated rings. The summed E-state index contributed by atoms with van der Waals surface area (Å²) in [7, 11) is 0. The largest absolute Gasteiger partial charge is 0.328 e. The summed E-state index contributed by atoms with van der Waals surface area (Å²) in [5.74, 6) is 2.24. The van der Waals surface area contributed by atoms with Crippen molar-refractivity contribution in [1.29, 1.82) is 0 Å². The molecule has 0 saturated heterocycles. The Bertz CT molecular complexity index is 398. The van der Waals surface area contributed by atoms with Crippen molar-refractivity contribution >= 4 is 17.5 Å². The van der Waals surface area contributed by atoms with Crippen molar-refractivity contribution in [3.05, 3.63) is 29.0 Å². The van der Waals surface area contributed by atoms with Crippen LogP contribution in [-0.2, 0) is 0 Å². The molecule has 1 heterocycles. The maximum atomic E-state index is 11.9. The summed E-state index contributed by atoms with van der Waals surface area (Å²) in [5.41, 5.74) is 0.385. The smallest absolute Gasteiger partial charge is 0.257 e. The van der Waals surface area contributed by atoms with Gasteiger partial charge in [0, 0.05) is 12.7 Å². The normalized spacial score (nSPS) is 9.40. The third kappa shape index (κ3) is 2.71. The predicted molar refractivity (Wildman–Crippen MR) is 59.7 cm³/mol. The van der Waals surface area contributed by atoms with E-state index in [9.17, 15) is 4.79 Å². The topological polar surface area (TPSA) is 33.2 Å². The first kappa shape index (κ1) is 11.5. The van der Waals surface area contributed by atoms with E-state index in [1.165, 1.54) is 11.1 Å². The van der Waals surface area contributed by atoms with E-state index < -0.39 is 0 Å².